The maximum Gasteiger partial charge on any atom is 0.314 e. The van der Waals surface area contributed by atoms with Crippen molar-refractivity contribution in [2.45, 2.75) is 200 Å². The van der Waals surface area contributed by atoms with Crippen molar-refractivity contribution in [3.8, 4) is 11.5 Å². The Balaban J connectivity index is 0.000000179. The zero-order valence-electron chi connectivity index (χ0n) is 37.9. The van der Waals surface area contributed by atoms with Gasteiger partial charge in [0.25, 0.3) is 0 Å². The second kappa shape index (κ2) is 21.9. The first-order chi connectivity index (χ1) is 28.7. The highest BCUT2D eigenvalue weighted by Gasteiger charge is 2.34. The summed E-state index contributed by atoms with van der Waals surface area (Å²) in [5, 5.41) is 0. The van der Waals surface area contributed by atoms with Crippen LogP contribution in [-0.4, -0.2) is 11.9 Å². The molecule has 0 spiro atoms. The third kappa shape index (κ3) is 13.0. The summed E-state index contributed by atoms with van der Waals surface area (Å²) in [5.41, 5.74) is 2.83. The average molecular weight is 807 g/mol. The van der Waals surface area contributed by atoms with Crippen molar-refractivity contribution in [2.75, 3.05) is 0 Å². The summed E-state index contributed by atoms with van der Waals surface area (Å²) in [4.78, 5) is 25.4. The molecule has 0 bridgehead atoms. The first-order valence-electron chi connectivity index (χ1n) is 25.3. The van der Waals surface area contributed by atoms with E-state index < -0.39 is 0 Å². The van der Waals surface area contributed by atoms with E-state index >= 15 is 0 Å². The Labute approximate surface area is 360 Å². The minimum absolute atomic E-state index is 0.0000393. The quantitative estimate of drug-likeness (QED) is 0.151. The van der Waals surface area contributed by atoms with Crippen molar-refractivity contribution in [3.05, 3.63) is 59.7 Å². The van der Waals surface area contributed by atoms with E-state index in [9.17, 15) is 9.59 Å². The smallest absolute Gasteiger partial charge is 0.314 e. The molecule has 6 fully saturated rings. The van der Waals surface area contributed by atoms with E-state index in [4.69, 9.17) is 9.47 Å². The van der Waals surface area contributed by atoms with Crippen LogP contribution in [0.25, 0.3) is 0 Å². The molecule has 0 radical (unpaired) electrons. The highest BCUT2D eigenvalue weighted by Crippen LogP contribution is 2.43. The summed E-state index contributed by atoms with van der Waals surface area (Å²) in [7, 11) is 0. The van der Waals surface area contributed by atoms with E-state index in [1.165, 1.54) is 146 Å². The van der Waals surface area contributed by atoms with Gasteiger partial charge in [0.1, 0.15) is 11.5 Å². The maximum atomic E-state index is 12.7. The Bertz CT molecular complexity index is 1540. The molecule has 2 atom stereocenters. The summed E-state index contributed by atoms with van der Waals surface area (Å²) in [6.45, 7) is 9.54. The van der Waals surface area contributed by atoms with Gasteiger partial charge in [-0.05, 0) is 191 Å². The Morgan fingerprint density at radius 1 is 0.356 bits per heavy atom. The largest absolute Gasteiger partial charge is 0.426 e. The molecule has 6 aliphatic carbocycles. The van der Waals surface area contributed by atoms with Crippen molar-refractivity contribution in [1.29, 1.82) is 0 Å². The summed E-state index contributed by atoms with van der Waals surface area (Å²) < 4.78 is 11.6. The molecular formula is C55H82O4. The molecule has 0 amide bonds. The molecule has 6 saturated carbocycles. The Morgan fingerprint density at radius 3 is 1.00 bits per heavy atom. The second-order valence-electron chi connectivity index (χ2n) is 21.5. The lowest BCUT2D eigenvalue weighted by atomic mass is 9.69. The molecule has 6 aliphatic rings. The molecule has 2 aromatic rings. The van der Waals surface area contributed by atoms with Crippen molar-refractivity contribution in [3.63, 3.8) is 0 Å². The van der Waals surface area contributed by atoms with E-state index in [-0.39, 0.29) is 23.8 Å². The van der Waals surface area contributed by atoms with Gasteiger partial charge in [-0.3, -0.25) is 9.59 Å². The van der Waals surface area contributed by atoms with E-state index in [2.05, 4.69) is 52.0 Å². The molecule has 326 valence electrons. The van der Waals surface area contributed by atoms with Crippen molar-refractivity contribution in [1.82, 2.24) is 0 Å². The monoisotopic (exact) mass is 807 g/mol. The standard InChI is InChI=1S/C28H42O2.C27H40O2/c1-20-4-3-5-22(9-6-20)24-12-14-26(15-13-24)28(29)30-27-18-16-25(17-19-27)23-10-7-21(2)8-11-23;1-19-3-7-21(8-4-19)23-11-13-25(14-12-23)27(28)29-26-17-15-24(16-18-26)22-9-5-20(2)6-10-22/h16-24,26H,3-15H2,1-2H3;15-23,25H,3-14H2,1-2H3. The molecular weight excluding hydrogens is 725 g/mol. The Hall–Kier alpha value is -2.62. The van der Waals surface area contributed by atoms with Crippen molar-refractivity contribution >= 4 is 11.9 Å². The number of carbonyl (C=O) groups is 2. The van der Waals surface area contributed by atoms with Gasteiger partial charge in [0.05, 0.1) is 11.8 Å². The van der Waals surface area contributed by atoms with Crippen molar-refractivity contribution in [2.24, 2.45) is 59.2 Å². The molecule has 0 N–H and O–H groups in total. The van der Waals surface area contributed by atoms with Gasteiger partial charge < -0.3 is 9.47 Å². The number of esters is 2. The lowest BCUT2D eigenvalue weighted by Crippen LogP contribution is -2.29. The molecule has 0 aromatic heterocycles. The van der Waals surface area contributed by atoms with Crippen LogP contribution in [0.2, 0.25) is 0 Å². The first kappa shape index (κ1) is 44.4. The predicted octanol–water partition coefficient (Wildman–Crippen LogP) is 15.4. The molecule has 4 heteroatoms. The van der Waals surface area contributed by atoms with Gasteiger partial charge in [-0.2, -0.15) is 0 Å². The molecule has 0 aliphatic heterocycles. The first-order valence-corrected chi connectivity index (χ1v) is 25.3. The summed E-state index contributed by atoms with van der Waals surface area (Å²) in [6, 6.07) is 16.8. The normalized spacial score (nSPS) is 35.6. The summed E-state index contributed by atoms with van der Waals surface area (Å²) >= 11 is 0. The van der Waals surface area contributed by atoms with Gasteiger partial charge in [0, 0.05) is 0 Å². The van der Waals surface area contributed by atoms with Gasteiger partial charge in [0.2, 0.25) is 0 Å². The van der Waals surface area contributed by atoms with Crippen LogP contribution in [0.15, 0.2) is 48.5 Å². The average Bonchev–Trinajstić information content (AvgIpc) is 3.49. The van der Waals surface area contributed by atoms with E-state index in [1.807, 2.05) is 24.3 Å². The number of benzene rings is 2. The fourth-order valence-electron chi connectivity index (χ4n) is 12.6. The molecule has 0 saturated heterocycles. The maximum absolute atomic E-state index is 12.7. The highest BCUT2D eigenvalue weighted by atomic mass is 16.5. The van der Waals surface area contributed by atoms with E-state index in [1.54, 1.807) is 0 Å². The summed E-state index contributed by atoms with van der Waals surface area (Å²) in [5.74, 6) is 10.1. The van der Waals surface area contributed by atoms with Gasteiger partial charge >= 0.3 is 11.9 Å². The highest BCUT2D eigenvalue weighted by molar-refractivity contribution is 5.75. The lowest BCUT2D eigenvalue weighted by molar-refractivity contribution is -0.141. The van der Waals surface area contributed by atoms with Crippen LogP contribution in [-0.2, 0) is 9.59 Å². The van der Waals surface area contributed by atoms with Crippen molar-refractivity contribution < 1.29 is 19.1 Å². The minimum Gasteiger partial charge on any atom is -0.426 e. The fraction of sp³-hybridized carbons (Fsp3) is 0.745. The molecule has 8 rings (SSSR count). The summed E-state index contributed by atoms with van der Waals surface area (Å²) in [6.07, 6.45) is 32.2. The Kier molecular flexibility index (Phi) is 16.5. The molecule has 2 unspecified atom stereocenters. The second-order valence-corrected chi connectivity index (χ2v) is 21.5. The van der Waals surface area contributed by atoms with Crippen LogP contribution < -0.4 is 9.47 Å². The molecule has 59 heavy (non-hydrogen) atoms. The molecule has 0 heterocycles. The van der Waals surface area contributed by atoms with Gasteiger partial charge in [-0.1, -0.05) is 116 Å². The topological polar surface area (TPSA) is 52.6 Å². The van der Waals surface area contributed by atoms with Gasteiger partial charge in [-0.15, -0.1) is 0 Å². The van der Waals surface area contributed by atoms with Gasteiger partial charge in [0.15, 0.2) is 0 Å². The van der Waals surface area contributed by atoms with Gasteiger partial charge in [-0.25, -0.2) is 0 Å². The Morgan fingerprint density at radius 2 is 0.644 bits per heavy atom. The van der Waals surface area contributed by atoms with E-state index in [0.717, 1.165) is 84.5 Å². The third-order valence-corrected chi connectivity index (χ3v) is 17.1. The predicted molar refractivity (Wildman–Crippen MR) is 243 cm³/mol. The van der Waals surface area contributed by atoms with Crippen LogP contribution in [0.4, 0.5) is 0 Å². The zero-order valence-corrected chi connectivity index (χ0v) is 37.9. The molecule has 4 nitrogen and oxygen atoms in total. The van der Waals surface area contributed by atoms with Crippen LogP contribution >= 0.6 is 0 Å². The number of hydrogen-bond acceptors (Lipinski definition) is 4. The van der Waals surface area contributed by atoms with Crippen LogP contribution in [0.1, 0.15) is 211 Å². The minimum atomic E-state index is -0.0000393. The number of carbonyl (C=O) groups excluding carboxylic acids is 2. The number of rotatable bonds is 8. The fourth-order valence-corrected chi connectivity index (χ4v) is 12.6. The van der Waals surface area contributed by atoms with Crippen LogP contribution in [0.5, 0.6) is 11.5 Å². The zero-order chi connectivity index (χ0) is 41.1. The lowest BCUT2D eigenvalue weighted by Gasteiger charge is -2.36. The van der Waals surface area contributed by atoms with Crippen LogP contribution in [0.3, 0.4) is 0 Å². The SMILES string of the molecule is CC1CCC(c2ccc(OC(=O)C3CCC(C4CCC(C)CC4)CC3)cc2)CC1.CC1CCC(c2ccc(OC(=O)C3CCC(C4CCCC(C)CC4)CC3)cc2)CC1. The molecule has 2 aromatic carbocycles. The number of ether oxygens (including phenoxy) is 2. The number of hydrogen-bond donors (Lipinski definition) is 0. The third-order valence-electron chi connectivity index (χ3n) is 17.1. The van der Waals surface area contributed by atoms with Crippen LogP contribution in [0, 0.1) is 59.2 Å². The van der Waals surface area contributed by atoms with E-state index in [0.29, 0.717) is 11.8 Å².